The Kier molecular flexibility index (Phi) is 3.94. The highest BCUT2D eigenvalue weighted by atomic mass is 16.4. The fraction of sp³-hybridized carbons (Fsp3) is 0.250. The van der Waals surface area contributed by atoms with Crippen molar-refractivity contribution < 1.29 is 15.0 Å². The third-order valence-corrected chi connectivity index (χ3v) is 2.15. The minimum Gasteiger partial charge on any atom is -0.508 e. The Balaban J connectivity index is 2.69. The van der Waals surface area contributed by atoms with Crippen LogP contribution in [0, 0.1) is 0 Å². The monoisotopic (exact) mass is 221 g/mol. The van der Waals surface area contributed by atoms with Crippen LogP contribution in [-0.2, 0) is 4.79 Å². The molecular weight excluding hydrogens is 206 g/mol. The summed E-state index contributed by atoms with van der Waals surface area (Å²) in [5.41, 5.74) is 1.69. The maximum absolute atomic E-state index is 10.4. The van der Waals surface area contributed by atoms with Crippen LogP contribution in [0.2, 0.25) is 0 Å². The fourth-order valence-corrected chi connectivity index (χ4v) is 1.43. The predicted molar refractivity (Wildman–Crippen MR) is 62.8 cm³/mol. The van der Waals surface area contributed by atoms with Crippen molar-refractivity contribution in [1.29, 1.82) is 0 Å². The van der Waals surface area contributed by atoms with Crippen molar-refractivity contribution in [3.63, 3.8) is 0 Å². The number of nitrogens with zero attached hydrogens (tertiary/aromatic N) is 1. The highest BCUT2D eigenvalue weighted by molar-refractivity contribution is 5.80. The van der Waals surface area contributed by atoms with E-state index in [9.17, 15) is 4.79 Å². The van der Waals surface area contributed by atoms with Crippen LogP contribution in [0.4, 0.5) is 5.69 Å². The lowest BCUT2D eigenvalue weighted by Crippen LogP contribution is -2.19. The number of anilines is 1. The van der Waals surface area contributed by atoms with Gasteiger partial charge >= 0.3 is 5.97 Å². The Morgan fingerprint density at radius 3 is 2.44 bits per heavy atom. The molecule has 0 heterocycles. The minimum absolute atomic E-state index is 0.218. The van der Waals surface area contributed by atoms with Crippen molar-refractivity contribution in [2.75, 3.05) is 18.5 Å². The van der Waals surface area contributed by atoms with Crippen LogP contribution >= 0.6 is 0 Å². The largest absolute Gasteiger partial charge is 0.508 e. The zero-order valence-electron chi connectivity index (χ0n) is 9.34. The molecule has 0 saturated heterocycles. The van der Waals surface area contributed by atoms with Gasteiger partial charge < -0.3 is 15.1 Å². The number of hydrogen-bond acceptors (Lipinski definition) is 3. The SMILES string of the molecule is CC(=CC(=O)O)CN(C)c1ccc(O)cc1. The molecule has 0 unspecified atom stereocenters. The van der Waals surface area contributed by atoms with Gasteiger partial charge in [-0.15, -0.1) is 0 Å². The summed E-state index contributed by atoms with van der Waals surface area (Å²) in [6, 6.07) is 6.76. The Morgan fingerprint density at radius 2 is 1.94 bits per heavy atom. The Morgan fingerprint density at radius 1 is 1.38 bits per heavy atom. The first-order valence-electron chi connectivity index (χ1n) is 4.89. The molecule has 4 nitrogen and oxygen atoms in total. The molecule has 1 aromatic carbocycles. The first-order chi connectivity index (χ1) is 7.49. The smallest absolute Gasteiger partial charge is 0.328 e. The second-order valence-electron chi connectivity index (χ2n) is 3.70. The molecule has 0 saturated carbocycles. The second kappa shape index (κ2) is 5.21. The van der Waals surface area contributed by atoms with Crippen LogP contribution in [0.15, 0.2) is 35.9 Å². The molecule has 16 heavy (non-hydrogen) atoms. The van der Waals surface area contributed by atoms with E-state index in [0.717, 1.165) is 11.3 Å². The van der Waals surface area contributed by atoms with Gasteiger partial charge in [-0.3, -0.25) is 0 Å². The molecule has 0 aliphatic heterocycles. The lowest BCUT2D eigenvalue weighted by Gasteiger charge is -2.19. The number of likely N-dealkylation sites (N-methyl/N-ethyl adjacent to an activating group) is 1. The Bertz CT molecular complexity index is 395. The lowest BCUT2D eigenvalue weighted by atomic mass is 10.2. The zero-order chi connectivity index (χ0) is 12.1. The van der Waals surface area contributed by atoms with Crippen LogP contribution in [0.3, 0.4) is 0 Å². The molecule has 0 radical (unpaired) electrons. The molecule has 4 heteroatoms. The normalized spacial score (nSPS) is 11.2. The Labute approximate surface area is 94.4 Å². The third kappa shape index (κ3) is 3.65. The van der Waals surface area contributed by atoms with Crippen molar-refractivity contribution in [3.8, 4) is 5.75 Å². The number of aromatic hydroxyl groups is 1. The van der Waals surface area contributed by atoms with E-state index in [4.69, 9.17) is 10.2 Å². The van der Waals surface area contributed by atoms with Crippen molar-refractivity contribution in [2.24, 2.45) is 0 Å². The molecule has 0 bridgehead atoms. The molecule has 0 spiro atoms. The molecule has 0 aliphatic rings. The van der Waals surface area contributed by atoms with Crippen LogP contribution in [0.25, 0.3) is 0 Å². The van der Waals surface area contributed by atoms with E-state index in [0.29, 0.717) is 6.54 Å². The summed E-state index contributed by atoms with van der Waals surface area (Å²) in [6.45, 7) is 2.31. The number of hydrogen-bond donors (Lipinski definition) is 2. The number of carboxylic acids is 1. The van der Waals surface area contributed by atoms with E-state index in [-0.39, 0.29) is 5.75 Å². The number of carbonyl (C=O) groups is 1. The first-order valence-corrected chi connectivity index (χ1v) is 4.89. The number of phenols is 1. The molecule has 0 aromatic heterocycles. The van der Waals surface area contributed by atoms with Crippen LogP contribution in [0.5, 0.6) is 5.75 Å². The maximum Gasteiger partial charge on any atom is 0.328 e. The highest BCUT2D eigenvalue weighted by Gasteiger charge is 2.02. The fourth-order valence-electron chi connectivity index (χ4n) is 1.43. The quantitative estimate of drug-likeness (QED) is 0.762. The topological polar surface area (TPSA) is 60.8 Å². The van der Waals surface area contributed by atoms with Gasteiger partial charge in [0.25, 0.3) is 0 Å². The summed E-state index contributed by atoms with van der Waals surface area (Å²) in [6.07, 6.45) is 1.19. The van der Waals surface area contributed by atoms with Crippen molar-refractivity contribution in [1.82, 2.24) is 0 Å². The van der Waals surface area contributed by atoms with Gasteiger partial charge in [-0.1, -0.05) is 0 Å². The summed E-state index contributed by atoms with van der Waals surface area (Å²) < 4.78 is 0. The van der Waals surface area contributed by atoms with E-state index < -0.39 is 5.97 Å². The van der Waals surface area contributed by atoms with Gasteiger partial charge in [-0.25, -0.2) is 4.79 Å². The highest BCUT2D eigenvalue weighted by Crippen LogP contribution is 2.17. The summed E-state index contributed by atoms with van der Waals surface area (Å²) in [7, 11) is 1.87. The van der Waals surface area contributed by atoms with E-state index in [1.807, 2.05) is 11.9 Å². The van der Waals surface area contributed by atoms with Crippen LogP contribution in [0.1, 0.15) is 6.92 Å². The van der Waals surface area contributed by atoms with Crippen molar-refractivity contribution in [2.45, 2.75) is 6.92 Å². The van der Waals surface area contributed by atoms with E-state index in [1.54, 1.807) is 31.2 Å². The number of phenolic OH excluding ortho intramolecular Hbond substituents is 1. The van der Waals surface area contributed by atoms with Crippen LogP contribution in [-0.4, -0.2) is 29.8 Å². The van der Waals surface area contributed by atoms with Gasteiger partial charge in [-0.2, -0.15) is 0 Å². The van der Waals surface area contributed by atoms with E-state index in [2.05, 4.69) is 0 Å². The molecule has 86 valence electrons. The van der Waals surface area contributed by atoms with Crippen molar-refractivity contribution in [3.05, 3.63) is 35.9 Å². The average molecular weight is 221 g/mol. The van der Waals surface area contributed by atoms with Gasteiger partial charge in [0.15, 0.2) is 0 Å². The number of aliphatic carboxylic acids is 1. The van der Waals surface area contributed by atoms with E-state index >= 15 is 0 Å². The second-order valence-corrected chi connectivity index (χ2v) is 3.70. The maximum atomic E-state index is 10.4. The number of benzene rings is 1. The van der Waals surface area contributed by atoms with Gasteiger partial charge in [0.2, 0.25) is 0 Å². The van der Waals surface area contributed by atoms with Gasteiger partial charge in [0.05, 0.1) is 0 Å². The molecule has 0 atom stereocenters. The molecule has 1 rings (SSSR count). The standard InChI is InChI=1S/C12H15NO3/c1-9(7-12(15)16)8-13(2)10-3-5-11(14)6-4-10/h3-7,14H,8H2,1-2H3,(H,15,16). The zero-order valence-corrected chi connectivity index (χ0v) is 9.34. The van der Waals surface area contributed by atoms with Gasteiger partial charge in [-0.05, 0) is 36.8 Å². The van der Waals surface area contributed by atoms with Crippen LogP contribution < -0.4 is 4.90 Å². The summed E-state index contributed by atoms with van der Waals surface area (Å²) >= 11 is 0. The first kappa shape index (κ1) is 12.1. The molecule has 0 fully saturated rings. The molecule has 0 aliphatic carbocycles. The van der Waals surface area contributed by atoms with Gasteiger partial charge in [0.1, 0.15) is 5.75 Å². The van der Waals surface area contributed by atoms with E-state index in [1.165, 1.54) is 6.08 Å². The predicted octanol–water partition coefficient (Wildman–Crippen LogP) is 1.86. The minimum atomic E-state index is -0.934. The average Bonchev–Trinajstić information content (AvgIpc) is 2.16. The lowest BCUT2D eigenvalue weighted by molar-refractivity contribution is -0.131. The Hall–Kier alpha value is -1.97. The molecular formula is C12H15NO3. The molecule has 0 amide bonds. The summed E-state index contributed by atoms with van der Waals surface area (Å²) in [5, 5.41) is 17.7. The summed E-state index contributed by atoms with van der Waals surface area (Å²) in [4.78, 5) is 12.4. The number of carboxylic acid groups (broad SMARTS) is 1. The van der Waals surface area contributed by atoms with Gasteiger partial charge in [0, 0.05) is 25.4 Å². The molecule has 2 N–H and O–H groups in total. The summed E-state index contributed by atoms with van der Waals surface area (Å²) in [5.74, 6) is -0.716. The third-order valence-electron chi connectivity index (χ3n) is 2.15. The van der Waals surface area contributed by atoms with Crippen molar-refractivity contribution >= 4 is 11.7 Å². The molecule has 1 aromatic rings. The number of rotatable bonds is 4.